The van der Waals surface area contributed by atoms with Crippen molar-refractivity contribution in [3.05, 3.63) is 23.3 Å². The molecule has 0 bridgehead atoms. The van der Waals surface area contributed by atoms with Crippen LogP contribution in [-0.4, -0.2) is 47.5 Å². The van der Waals surface area contributed by atoms with Crippen LogP contribution in [0.4, 0.5) is 0 Å². The predicted molar refractivity (Wildman–Crippen MR) is 101 cm³/mol. The van der Waals surface area contributed by atoms with Gasteiger partial charge in [0.15, 0.2) is 6.29 Å². The second kappa shape index (κ2) is 9.12. The van der Waals surface area contributed by atoms with Gasteiger partial charge >= 0.3 is 5.97 Å². The largest absolute Gasteiger partial charge is 0.481 e. The van der Waals surface area contributed by atoms with E-state index in [1.165, 1.54) is 13.2 Å². The number of carbonyl (C=O) groups excluding carboxylic acids is 1. The van der Waals surface area contributed by atoms with Gasteiger partial charge in [0.25, 0.3) is 0 Å². The van der Waals surface area contributed by atoms with Gasteiger partial charge in [0.1, 0.15) is 8.07 Å². The third-order valence-corrected chi connectivity index (χ3v) is 5.66. The Bertz CT molecular complexity index is 633. The number of ether oxygens (including phenoxy) is 4. The monoisotopic (exact) mass is 367 g/mol. The van der Waals surface area contributed by atoms with Crippen LogP contribution in [0, 0.1) is 0 Å². The van der Waals surface area contributed by atoms with Gasteiger partial charge in [-0.3, -0.25) is 0 Å². The molecule has 1 heterocycles. The van der Waals surface area contributed by atoms with Gasteiger partial charge in [0.05, 0.1) is 19.8 Å². The molecule has 0 N–H and O–H groups in total. The quantitative estimate of drug-likeness (QED) is 0.305. The first kappa shape index (κ1) is 21.3. The number of esters is 1. The number of hydrogen-bond acceptors (Lipinski definition) is 6. The molecule has 0 aliphatic rings. The zero-order chi connectivity index (χ0) is 19.2. The highest BCUT2D eigenvalue weighted by Crippen LogP contribution is 2.34. The van der Waals surface area contributed by atoms with E-state index in [0.717, 1.165) is 16.5 Å². The molecule has 1 aromatic heterocycles. The van der Waals surface area contributed by atoms with Crippen LogP contribution in [0.25, 0.3) is 5.57 Å². The van der Waals surface area contributed by atoms with Crippen molar-refractivity contribution in [2.75, 3.05) is 28.4 Å². The van der Waals surface area contributed by atoms with Crippen molar-refractivity contribution in [2.24, 2.45) is 0 Å². The fourth-order valence-electron chi connectivity index (χ4n) is 2.47. The molecule has 0 saturated carbocycles. The summed E-state index contributed by atoms with van der Waals surface area (Å²) in [6, 6.07) is 2.02. The zero-order valence-corrected chi connectivity index (χ0v) is 17.4. The summed E-state index contributed by atoms with van der Waals surface area (Å²) in [5.41, 5.74) is 2.33. The minimum Gasteiger partial charge on any atom is -0.481 e. The minimum atomic E-state index is -1.71. The van der Waals surface area contributed by atoms with Gasteiger partial charge in [-0.25, -0.2) is 9.78 Å². The molecule has 140 valence electrons. The molecule has 7 heteroatoms. The maximum atomic E-state index is 11.8. The van der Waals surface area contributed by atoms with Crippen LogP contribution in [0.3, 0.4) is 0 Å². The lowest BCUT2D eigenvalue weighted by Gasteiger charge is -2.25. The number of rotatable bonds is 8. The number of pyridine rings is 1. The van der Waals surface area contributed by atoms with Gasteiger partial charge in [0.2, 0.25) is 5.88 Å². The summed E-state index contributed by atoms with van der Waals surface area (Å²) in [6.07, 6.45) is 1.48. The van der Waals surface area contributed by atoms with Crippen molar-refractivity contribution in [3.8, 4) is 5.88 Å². The van der Waals surface area contributed by atoms with Crippen molar-refractivity contribution in [1.82, 2.24) is 4.98 Å². The smallest absolute Gasteiger partial charge is 0.330 e. The minimum absolute atomic E-state index is 0.403. The Labute approximate surface area is 151 Å². The van der Waals surface area contributed by atoms with Crippen molar-refractivity contribution >= 4 is 24.9 Å². The highest BCUT2D eigenvalue weighted by molar-refractivity contribution is 6.88. The maximum absolute atomic E-state index is 11.8. The second-order valence-corrected chi connectivity index (χ2v) is 11.6. The van der Waals surface area contributed by atoms with Gasteiger partial charge in [-0.1, -0.05) is 26.6 Å². The Morgan fingerprint density at radius 3 is 2.20 bits per heavy atom. The van der Waals surface area contributed by atoms with E-state index in [2.05, 4.69) is 19.6 Å². The summed E-state index contributed by atoms with van der Waals surface area (Å²) in [5.74, 6) is 0.0485. The summed E-state index contributed by atoms with van der Waals surface area (Å²) in [5, 5.41) is 0.985. The molecule has 0 aromatic carbocycles. The molecule has 0 radical (unpaired) electrons. The Balaban J connectivity index is 3.79. The molecule has 0 amide bonds. The number of nitrogens with zero attached hydrogens (tertiary/aromatic N) is 1. The van der Waals surface area contributed by atoms with Crippen molar-refractivity contribution in [2.45, 2.75) is 39.3 Å². The van der Waals surface area contributed by atoms with E-state index in [1.54, 1.807) is 21.3 Å². The van der Waals surface area contributed by atoms with E-state index in [9.17, 15) is 4.79 Å². The molecule has 1 rings (SSSR count). The van der Waals surface area contributed by atoms with Gasteiger partial charge in [-0.2, -0.15) is 0 Å². The van der Waals surface area contributed by atoms with Gasteiger partial charge in [0, 0.05) is 25.6 Å². The lowest BCUT2D eigenvalue weighted by molar-refractivity contribution is -0.134. The summed E-state index contributed by atoms with van der Waals surface area (Å²) < 4.78 is 21.2. The molecular formula is C18H29NO5Si. The summed E-state index contributed by atoms with van der Waals surface area (Å²) in [6.45, 7) is 8.60. The molecule has 0 aliphatic heterocycles. The highest BCUT2D eigenvalue weighted by atomic mass is 28.3. The normalized spacial score (nSPS) is 12.4. The van der Waals surface area contributed by atoms with Crippen LogP contribution in [0.5, 0.6) is 5.88 Å². The van der Waals surface area contributed by atoms with Gasteiger partial charge < -0.3 is 18.9 Å². The van der Waals surface area contributed by atoms with E-state index in [4.69, 9.17) is 23.9 Å². The number of methoxy groups -OCH3 is 4. The Kier molecular flexibility index (Phi) is 7.79. The van der Waals surface area contributed by atoms with Crippen LogP contribution in [-0.2, 0) is 19.0 Å². The molecule has 0 saturated heterocycles. The van der Waals surface area contributed by atoms with Crippen LogP contribution < -0.4 is 10.1 Å². The average molecular weight is 368 g/mol. The third-order valence-electron chi connectivity index (χ3n) is 3.87. The van der Waals surface area contributed by atoms with E-state index in [1.807, 2.05) is 13.0 Å². The third kappa shape index (κ3) is 5.13. The number of carbonyl (C=O) groups is 1. The highest BCUT2D eigenvalue weighted by Gasteiger charge is 2.28. The van der Waals surface area contributed by atoms with Crippen LogP contribution >= 0.6 is 0 Å². The molecule has 0 atom stereocenters. The fraction of sp³-hybridized carbons (Fsp3) is 0.556. The van der Waals surface area contributed by atoms with E-state index < -0.39 is 20.3 Å². The zero-order valence-electron chi connectivity index (χ0n) is 16.4. The van der Waals surface area contributed by atoms with Crippen LogP contribution in [0.15, 0.2) is 12.1 Å². The summed E-state index contributed by atoms with van der Waals surface area (Å²) in [4.78, 5) is 16.5. The molecular weight excluding hydrogens is 338 g/mol. The first-order valence-corrected chi connectivity index (χ1v) is 11.7. The molecule has 25 heavy (non-hydrogen) atoms. The van der Waals surface area contributed by atoms with Crippen molar-refractivity contribution < 1.29 is 23.7 Å². The number of hydrogen-bond donors (Lipinski definition) is 0. The maximum Gasteiger partial charge on any atom is 0.330 e. The van der Waals surface area contributed by atoms with Crippen molar-refractivity contribution in [3.63, 3.8) is 0 Å². The summed E-state index contributed by atoms with van der Waals surface area (Å²) in [7, 11) is 4.33. The standard InChI is InChI=1S/C18H29NO5Si/c1-9-12(10-15(20)21-2)13-11-14(25(6,7)8)19-17(22-3)16(13)18(23-4)24-5/h10-11,18H,9H2,1-8H3. The van der Waals surface area contributed by atoms with Gasteiger partial charge in [-0.05, 0) is 23.6 Å². The van der Waals surface area contributed by atoms with E-state index >= 15 is 0 Å². The Morgan fingerprint density at radius 2 is 1.80 bits per heavy atom. The molecule has 0 aliphatic carbocycles. The number of allylic oxidation sites excluding steroid dienone is 1. The lowest BCUT2D eigenvalue weighted by Crippen LogP contribution is -2.40. The fourth-order valence-corrected chi connectivity index (χ4v) is 3.48. The summed E-state index contributed by atoms with van der Waals surface area (Å²) >= 11 is 0. The first-order valence-electron chi connectivity index (χ1n) is 8.17. The molecule has 0 spiro atoms. The average Bonchev–Trinajstić information content (AvgIpc) is 2.59. The molecule has 6 nitrogen and oxygen atoms in total. The molecule has 0 fully saturated rings. The van der Waals surface area contributed by atoms with Gasteiger partial charge in [-0.15, -0.1) is 0 Å². The van der Waals surface area contributed by atoms with Crippen LogP contribution in [0.2, 0.25) is 19.6 Å². The predicted octanol–water partition coefficient (Wildman–Crippen LogP) is 2.89. The van der Waals surface area contributed by atoms with E-state index in [-0.39, 0.29) is 0 Å². The van der Waals surface area contributed by atoms with E-state index in [0.29, 0.717) is 17.9 Å². The lowest BCUT2D eigenvalue weighted by atomic mass is 9.98. The SMILES string of the molecule is CCC(=CC(=O)OC)c1cc([Si](C)(C)C)nc(OC)c1C(OC)OC. The molecule has 1 aromatic rings. The Hall–Kier alpha value is -1.70. The topological polar surface area (TPSA) is 66.9 Å². The number of aromatic nitrogens is 1. The first-order chi connectivity index (χ1) is 11.7. The molecule has 0 unspecified atom stereocenters. The van der Waals surface area contributed by atoms with Crippen LogP contribution in [0.1, 0.15) is 30.8 Å². The Morgan fingerprint density at radius 1 is 1.20 bits per heavy atom. The second-order valence-electron chi connectivity index (χ2n) is 6.58. The van der Waals surface area contributed by atoms with Crippen molar-refractivity contribution in [1.29, 1.82) is 0 Å².